The third-order valence-corrected chi connectivity index (χ3v) is 5.18. The molecule has 0 atom stereocenters. The van der Waals surface area contributed by atoms with E-state index in [1.807, 2.05) is 0 Å². The van der Waals surface area contributed by atoms with E-state index in [0.717, 1.165) is 12.8 Å². The Kier molecular flexibility index (Phi) is 24.8. The summed E-state index contributed by atoms with van der Waals surface area (Å²) >= 11 is 0. The van der Waals surface area contributed by atoms with Crippen LogP contribution in [0.25, 0.3) is 0 Å². The molecule has 0 aliphatic carbocycles. The van der Waals surface area contributed by atoms with Crippen LogP contribution < -0.4 is 5.32 Å². The van der Waals surface area contributed by atoms with Crippen LogP contribution >= 0.6 is 0 Å². The van der Waals surface area contributed by atoms with E-state index in [9.17, 15) is 4.79 Å². The molecule has 0 aromatic rings. The van der Waals surface area contributed by atoms with E-state index in [2.05, 4.69) is 12.2 Å². The molecule has 29 heavy (non-hydrogen) atoms. The van der Waals surface area contributed by atoms with Gasteiger partial charge in [0.2, 0.25) is 5.91 Å². The smallest absolute Gasteiger partial charge is 0.220 e. The van der Waals surface area contributed by atoms with Crippen molar-refractivity contribution in [3.05, 3.63) is 0 Å². The number of hydrogen-bond donors (Lipinski definition) is 2. The molecule has 2 N–H and O–H groups in total. The van der Waals surface area contributed by atoms with Gasteiger partial charge in [0.25, 0.3) is 0 Å². The normalized spacial score (nSPS) is 11.1. The molecule has 0 aromatic carbocycles. The van der Waals surface area contributed by atoms with Crippen molar-refractivity contribution in [2.75, 3.05) is 39.6 Å². The summed E-state index contributed by atoms with van der Waals surface area (Å²) in [6.07, 6.45) is 20.7. The molecule has 0 aliphatic rings. The van der Waals surface area contributed by atoms with Crippen molar-refractivity contribution in [3.63, 3.8) is 0 Å². The molecule has 0 aromatic heterocycles. The number of ether oxygens (including phenoxy) is 2. The third kappa shape index (κ3) is 25.3. The van der Waals surface area contributed by atoms with Crippen molar-refractivity contribution in [2.45, 2.75) is 110 Å². The standard InChI is InChI=1S/C24H49NO4/c1-2-3-4-5-6-7-8-9-10-11-12-13-14-15-16-17-24(27)25-18-20-28-22-23-29-21-19-26/h26H,2-23H2,1H3,(H,25,27). The van der Waals surface area contributed by atoms with Gasteiger partial charge in [-0.1, -0.05) is 96.8 Å². The first kappa shape index (κ1) is 28.4. The highest BCUT2D eigenvalue weighted by Gasteiger charge is 2.00. The third-order valence-electron chi connectivity index (χ3n) is 5.18. The van der Waals surface area contributed by atoms with Gasteiger partial charge in [0.1, 0.15) is 0 Å². The Morgan fingerprint density at radius 2 is 1.10 bits per heavy atom. The average Bonchev–Trinajstić information content (AvgIpc) is 2.72. The van der Waals surface area contributed by atoms with Crippen LogP contribution in [-0.2, 0) is 14.3 Å². The molecule has 0 saturated carbocycles. The maximum atomic E-state index is 11.7. The van der Waals surface area contributed by atoms with E-state index in [4.69, 9.17) is 14.6 Å². The molecular formula is C24H49NO4. The van der Waals surface area contributed by atoms with Gasteiger partial charge in [-0.25, -0.2) is 0 Å². The second kappa shape index (κ2) is 25.4. The summed E-state index contributed by atoms with van der Waals surface area (Å²) in [5.74, 6) is 0.125. The van der Waals surface area contributed by atoms with Crippen molar-refractivity contribution in [1.82, 2.24) is 5.32 Å². The van der Waals surface area contributed by atoms with Gasteiger partial charge in [0, 0.05) is 13.0 Å². The Morgan fingerprint density at radius 3 is 1.59 bits per heavy atom. The second-order valence-electron chi connectivity index (χ2n) is 8.00. The summed E-state index contributed by atoms with van der Waals surface area (Å²) in [6, 6.07) is 0. The predicted molar refractivity (Wildman–Crippen MR) is 121 cm³/mol. The Labute approximate surface area is 180 Å². The molecule has 1 amide bonds. The van der Waals surface area contributed by atoms with Crippen LogP contribution in [0.5, 0.6) is 0 Å². The molecule has 0 bridgehead atoms. The summed E-state index contributed by atoms with van der Waals surface area (Å²) in [5.41, 5.74) is 0. The Bertz CT molecular complexity index is 326. The van der Waals surface area contributed by atoms with E-state index in [-0.39, 0.29) is 12.5 Å². The largest absolute Gasteiger partial charge is 0.394 e. The van der Waals surface area contributed by atoms with Crippen LogP contribution in [-0.4, -0.2) is 50.6 Å². The van der Waals surface area contributed by atoms with Gasteiger partial charge in [0.15, 0.2) is 0 Å². The van der Waals surface area contributed by atoms with Crippen LogP contribution in [0.4, 0.5) is 0 Å². The zero-order valence-corrected chi connectivity index (χ0v) is 19.2. The number of rotatable bonds is 24. The molecule has 0 saturated heterocycles. The number of carbonyl (C=O) groups is 1. The number of unbranched alkanes of at least 4 members (excludes halogenated alkanes) is 14. The number of aliphatic hydroxyl groups is 1. The minimum Gasteiger partial charge on any atom is -0.394 e. The van der Waals surface area contributed by atoms with Gasteiger partial charge in [-0.2, -0.15) is 0 Å². The highest BCUT2D eigenvalue weighted by atomic mass is 16.5. The summed E-state index contributed by atoms with van der Waals surface area (Å²) in [4.78, 5) is 11.7. The highest BCUT2D eigenvalue weighted by Crippen LogP contribution is 2.13. The number of amides is 1. The van der Waals surface area contributed by atoms with Crippen LogP contribution in [0.3, 0.4) is 0 Å². The monoisotopic (exact) mass is 415 g/mol. The molecule has 174 valence electrons. The van der Waals surface area contributed by atoms with Crippen LogP contribution in [0.2, 0.25) is 0 Å². The fraction of sp³-hybridized carbons (Fsp3) is 0.958. The number of nitrogens with one attached hydrogen (secondary N) is 1. The molecule has 0 radical (unpaired) electrons. The van der Waals surface area contributed by atoms with Crippen LogP contribution in [0.15, 0.2) is 0 Å². The van der Waals surface area contributed by atoms with Gasteiger partial charge < -0.3 is 19.9 Å². The summed E-state index contributed by atoms with van der Waals surface area (Å²) in [7, 11) is 0. The predicted octanol–water partition coefficient (Wildman–Crippen LogP) is 5.39. The summed E-state index contributed by atoms with van der Waals surface area (Å²) in [6.45, 7) is 4.69. The first-order chi connectivity index (χ1) is 14.3. The Balaban J connectivity index is 3.12. The van der Waals surface area contributed by atoms with Crippen molar-refractivity contribution in [2.24, 2.45) is 0 Å². The lowest BCUT2D eigenvalue weighted by molar-refractivity contribution is -0.121. The fourth-order valence-electron chi connectivity index (χ4n) is 3.39. The van der Waals surface area contributed by atoms with Gasteiger partial charge in [0.05, 0.1) is 33.0 Å². The van der Waals surface area contributed by atoms with E-state index in [1.54, 1.807) is 0 Å². The maximum Gasteiger partial charge on any atom is 0.220 e. The minimum absolute atomic E-state index is 0.0371. The number of carbonyl (C=O) groups excluding carboxylic acids is 1. The lowest BCUT2D eigenvalue weighted by Crippen LogP contribution is -2.27. The summed E-state index contributed by atoms with van der Waals surface area (Å²) in [5, 5.41) is 11.4. The first-order valence-corrected chi connectivity index (χ1v) is 12.3. The molecule has 0 unspecified atom stereocenters. The Hall–Kier alpha value is -0.650. The lowest BCUT2D eigenvalue weighted by Gasteiger charge is -2.07. The van der Waals surface area contributed by atoms with Crippen molar-refractivity contribution < 1.29 is 19.4 Å². The topological polar surface area (TPSA) is 67.8 Å². The molecule has 0 heterocycles. The van der Waals surface area contributed by atoms with E-state index >= 15 is 0 Å². The molecule has 0 fully saturated rings. The van der Waals surface area contributed by atoms with Gasteiger partial charge >= 0.3 is 0 Å². The minimum atomic E-state index is 0.0371. The molecule has 5 heteroatoms. The number of hydrogen-bond acceptors (Lipinski definition) is 4. The van der Waals surface area contributed by atoms with Gasteiger partial charge in [-0.15, -0.1) is 0 Å². The van der Waals surface area contributed by atoms with Crippen LogP contribution in [0.1, 0.15) is 110 Å². The van der Waals surface area contributed by atoms with Crippen molar-refractivity contribution in [3.8, 4) is 0 Å². The second-order valence-corrected chi connectivity index (χ2v) is 8.00. The van der Waals surface area contributed by atoms with E-state index < -0.39 is 0 Å². The molecular weight excluding hydrogens is 366 g/mol. The molecule has 0 spiro atoms. The first-order valence-electron chi connectivity index (χ1n) is 12.3. The Morgan fingerprint density at radius 1 is 0.655 bits per heavy atom. The quantitative estimate of drug-likeness (QED) is 0.207. The maximum absolute atomic E-state index is 11.7. The average molecular weight is 416 g/mol. The van der Waals surface area contributed by atoms with Crippen LogP contribution in [0, 0.1) is 0 Å². The van der Waals surface area contributed by atoms with Crippen molar-refractivity contribution in [1.29, 1.82) is 0 Å². The highest BCUT2D eigenvalue weighted by molar-refractivity contribution is 5.75. The number of aliphatic hydroxyl groups excluding tert-OH is 1. The summed E-state index contributed by atoms with van der Waals surface area (Å²) < 4.78 is 10.4. The molecule has 0 aliphatic heterocycles. The zero-order chi connectivity index (χ0) is 21.3. The van der Waals surface area contributed by atoms with Gasteiger partial charge in [-0.05, 0) is 6.42 Å². The van der Waals surface area contributed by atoms with Gasteiger partial charge in [-0.3, -0.25) is 4.79 Å². The zero-order valence-electron chi connectivity index (χ0n) is 19.2. The van der Waals surface area contributed by atoms with E-state index in [1.165, 1.54) is 83.5 Å². The molecule has 0 rings (SSSR count). The molecule has 5 nitrogen and oxygen atoms in total. The van der Waals surface area contributed by atoms with Crippen molar-refractivity contribution >= 4 is 5.91 Å². The lowest BCUT2D eigenvalue weighted by atomic mass is 10.0. The fourth-order valence-corrected chi connectivity index (χ4v) is 3.39. The van der Waals surface area contributed by atoms with E-state index in [0.29, 0.717) is 39.4 Å². The SMILES string of the molecule is CCCCCCCCCCCCCCCCCC(=O)NCCOCCOCCO.